The molecule has 0 saturated heterocycles. The molecule has 0 aromatic heterocycles. The second kappa shape index (κ2) is 4.45. The number of fused-ring (bicyclic) bond motifs is 1. The topological polar surface area (TPSA) is 36.9 Å². The number of rotatable bonds is 4. The zero-order valence-electron chi connectivity index (χ0n) is 9.36. The van der Waals surface area contributed by atoms with Crippen molar-refractivity contribution >= 4 is 0 Å². The van der Waals surface area contributed by atoms with Crippen molar-refractivity contribution in [3.8, 4) is 17.2 Å². The molecule has 16 heavy (non-hydrogen) atoms. The van der Waals surface area contributed by atoms with Crippen molar-refractivity contribution in [2.75, 3.05) is 21.0 Å². The van der Waals surface area contributed by atoms with Gasteiger partial charge in [0.1, 0.15) is 6.10 Å². The maximum atomic E-state index is 5.33. The molecule has 1 aliphatic heterocycles. The fourth-order valence-electron chi connectivity index (χ4n) is 1.68. The van der Waals surface area contributed by atoms with E-state index in [1.165, 1.54) is 0 Å². The van der Waals surface area contributed by atoms with Crippen LogP contribution in [0.1, 0.15) is 11.7 Å². The van der Waals surface area contributed by atoms with E-state index in [4.69, 9.17) is 18.9 Å². The van der Waals surface area contributed by atoms with E-state index in [1.807, 2.05) is 12.1 Å². The highest BCUT2D eigenvalue weighted by Gasteiger charge is 2.22. The lowest BCUT2D eigenvalue weighted by Crippen LogP contribution is -1.98. The van der Waals surface area contributed by atoms with E-state index < -0.39 is 0 Å². The molecule has 0 saturated carbocycles. The average molecular weight is 222 g/mol. The van der Waals surface area contributed by atoms with Crippen LogP contribution < -0.4 is 14.2 Å². The number of hydrogen-bond acceptors (Lipinski definition) is 4. The van der Waals surface area contributed by atoms with Crippen LogP contribution in [0.5, 0.6) is 17.2 Å². The second-order valence-electron chi connectivity index (χ2n) is 3.35. The Hall–Kier alpha value is -1.68. The molecular formula is C12H14O4. The average Bonchev–Trinajstić information content (AvgIpc) is 2.77. The molecule has 0 aliphatic carbocycles. The Kier molecular flexibility index (Phi) is 3.01. The van der Waals surface area contributed by atoms with Crippen molar-refractivity contribution in [1.82, 2.24) is 0 Å². The minimum absolute atomic E-state index is 0.177. The summed E-state index contributed by atoms with van der Waals surface area (Å²) < 4.78 is 21.2. The highest BCUT2D eigenvalue weighted by Crippen LogP contribution is 2.43. The molecule has 86 valence electrons. The van der Waals surface area contributed by atoms with Crippen LogP contribution in [0, 0.1) is 0 Å². The van der Waals surface area contributed by atoms with Crippen molar-refractivity contribution in [2.24, 2.45) is 0 Å². The first-order chi connectivity index (χ1) is 7.80. The van der Waals surface area contributed by atoms with Crippen LogP contribution in [0.4, 0.5) is 0 Å². The van der Waals surface area contributed by atoms with Gasteiger partial charge in [0.25, 0.3) is 0 Å². The SMILES string of the molecule is C=CC(OC)c1cc(OC)c2c(c1)OCO2. The Morgan fingerprint density at radius 2 is 2.19 bits per heavy atom. The molecule has 0 bridgehead atoms. The Labute approximate surface area is 94.4 Å². The molecule has 1 aliphatic rings. The summed E-state index contributed by atoms with van der Waals surface area (Å²) in [6.07, 6.45) is 1.54. The van der Waals surface area contributed by atoms with E-state index in [9.17, 15) is 0 Å². The molecule has 0 fully saturated rings. The molecule has 4 nitrogen and oxygen atoms in total. The predicted octanol–water partition coefficient (Wildman–Crippen LogP) is 2.30. The third kappa shape index (κ3) is 1.72. The molecule has 0 spiro atoms. The van der Waals surface area contributed by atoms with Gasteiger partial charge in [0.15, 0.2) is 11.5 Å². The number of methoxy groups -OCH3 is 2. The molecule has 2 rings (SSSR count). The minimum atomic E-state index is -0.177. The van der Waals surface area contributed by atoms with Crippen LogP contribution in [-0.4, -0.2) is 21.0 Å². The van der Waals surface area contributed by atoms with Crippen LogP contribution in [-0.2, 0) is 4.74 Å². The summed E-state index contributed by atoms with van der Waals surface area (Å²) in [7, 11) is 3.22. The van der Waals surface area contributed by atoms with Crippen LogP contribution in [0.25, 0.3) is 0 Å². The summed E-state index contributed by atoms with van der Waals surface area (Å²) in [6, 6.07) is 3.74. The van der Waals surface area contributed by atoms with Crippen molar-refractivity contribution in [3.05, 3.63) is 30.4 Å². The third-order valence-corrected chi connectivity index (χ3v) is 2.48. The second-order valence-corrected chi connectivity index (χ2v) is 3.35. The Morgan fingerprint density at radius 3 is 2.81 bits per heavy atom. The molecule has 0 N–H and O–H groups in total. The van der Waals surface area contributed by atoms with E-state index in [-0.39, 0.29) is 12.9 Å². The highest BCUT2D eigenvalue weighted by molar-refractivity contribution is 5.55. The molecule has 0 amide bonds. The van der Waals surface area contributed by atoms with Crippen molar-refractivity contribution < 1.29 is 18.9 Å². The molecule has 4 heteroatoms. The van der Waals surface area contributed by atoms with Gasteiger partial charge in [-0.3, -0.25) is 0 Å². The summed E-state index contributed by atoms with van der Waals surface area (Å²) in [5.74, 6) is 1.97. The zero-order chi connectivity index (χ0) is 11.5. The van der Waals surface area contributed by atoms with Gasteiger partial charge < -0.3 is 18.9 Å². The van der Waals surface area contributed by atoms with Gasteiger partial charge in [-0.15, -0.1) is 6.58 Å². The number of ether oxygens (including phenoxy) is 4. The fraction of sp³-hybridized carbons (Fsp3) is 0.333. The lowest BCUT2D eigenvalue weighted by Gasteiger charge is -2.13. The van der Waals surface area contributed by atoms with Crippen molar-refractivity contribution in [2.45, 2.75) is 6.10 Å². The Bertz CT molecular complexity index is 400. The fourth-order valence-corrected chi connectivity index (χ4v) is 1.68. The van der Waals surface area contributed by atoms with Crippen molar-refractivity contribution in [1.29, 1.82) is 0 Å². The highest BCUT2D eigenvalue weighted by atomic mass is 16.7. The van der Waals surface area contributed by atoms with Gasteiger partial charge in [-0.25, -0.2) is 0 Å². The monoisotopic (exact) mass is 222 g/mol. The van der Waals surface area contributed by atoms with Crippen LogP contribution in [0.3, 0.4) is 0 Å². The Morgan fingerprint density at radius 1 is 1.38 bits per heavy atom. The minimum Gasteiger partial charge on any atom is -0.493 e. The first-order valence-corrected chi connectivity index (χ1v) is 4.93. The smallest absolute Gasteiger partial charge is 0.231 e. The van der Waals surface area contributed by atoms with Gasteiger partial charge in [0.05, 0.1) is 7.11 Å². The van der Waals surface area contributed by atoms with E-state index in [0.717, 1.165) is 5.56 Å². The van der Waals surface area contributed by atoms with Crippen LogP contribution in [0.2, 0.25) is 0 Å². The maximum Gasteiger partial charge on any atom is 0.231 e. The van der Waals surface area contributed by atoms with Gasteiger partial charge in [0, 0.05) is 7.11 Å². The number of benzene rings is 1. The van der Waals surface area contributed by atoms with Gasteiger partial charge in [0.2, 0.25) is 12.5 Å². The van der Waals surface area contributed by atoms with Crippen LogP contribution >= 0.6 is 0 Å². The summed E-state index contributed by atoms with van der Waals surface area (Å²) in [5, 5.41) is 0. The standard InChI is InChI=1S/C12H14O4/c1-4-9(13-2)8-5-10(14-3)12-11(6-8)15-7-16-12/h4-6,9H,1,7H2,2-3H3. The quantitative estimate of drug-likeness (QED) is 0.732. The normalized spacial score (nSPS) is 14.6. The summed E-state index contributed by atoms with van der Waals surface area (Å²) in [5.41, 5.74) is 0.929. The third-order valence-electron chi connectivity index (χ3n) is 2.48. The van der Waals surface area contributed by atoms with E-state index in [1.54, 1.807) is 20.3 Å². The summed E-state index contributed by atoms with van der Waals surface area (Å²) in [6.45, 7) is 3.94. The maximum absolute atomic E-state index is 5.33. The van der Waals surface area contributed by atoms with Gasteiger partial charge >= 0.3 is 0 Å². The molecule has 1 heterocycles. The summed E-state index contributed by atoms with van der Waals surface area (Å²) in [4.78, 5) is 0. The summed E-state index contributed by atoms with van der Waals surface area (Å²) >= 11 is 0. The van der Waals surface area contributed by atoms with E-state index in [2.05, 4.69) is 6.58 Å². The molecule has 1 aromatic rings. The molecular weight excluding hydrogens is 208 g/mol. The molecule has 1 unspecified atom stereocenters. The van der Waals surface area contributed by atoms with E-state index >= 15 is 0 Å². The Balaban J connectivity index is 2.44. The predicted molar refractivity (Wildman–Crippen MR) is 59.1 cm³/mol. The molecule has 1 atom stereocenters. The molecule has 0 radical (unpaired) electrons. The van der Waals surface area contributed by atoms with Gasteiger partial charge in [-0.2, -0.15) is 0 Å². The number of hydrogen-bond donors (Lipinski definition) is 0. The first-order valence-electron chi connectivity index (χ1n) is 4.93. The largest absolute Gasteiger partial charge is 0.493 e. The lowest BCUT2D eigenvalue weighted by molar-refractivity contribution is 0.142. The lowest BCUT2D eigenvalue weighted by atomic mass is 10.1. The first kappa shape index (κ1) is 10.8. The van der Waals surface area contributed by atoms with Gasteiger partial charge in [-0.1, -0.05) is 6.08 Å². The van der Waals surface area contributed by atoms with Gasteiger partial charge in [-0.05, 0) is 17.7 Å². The van der Waals surface area contributed by atoms with Crippen LogP contribution in [0.15, 0.2) is 24.8 Å². The zero-order valence-corrected chi connectivity index (χ0v) is 9.36. The van der Waals surface area contributed by atoms with Crippen molar-refractivity contribution in [3.63, 3.8) is 0 Å². The van der Waals surface area contributed by atoms with E-state index in [0.29, 0.717) is 17.2 Å². The molecule has 1 aromatic carbocycles.